The molecule has 1 fully saturated rings. The van der Waals surface area contributed by atoms with Gasteiger partial charge in [0.2, 0.25) is 0 Å². The maximum Gasteiger partial charge on any atom is 0.252 e. The minimum atomic E-state index is -0.00393. The molecule has 1 heterocycles. The van der Waals surface area contributed by atoms with E-state index in [2.05, 4.69) is 33.2 Å². The Morgan fingerprint density at radius 1 is 1.53 bits per heavy atom. The van der Waals surface area contributed by atoms with Crippen molar-refractivity contribution in [2.24, 2.45) is 0 Å². The molecule has 0 bridgehead atoms. The molecule has 1 aromatic rings. The van der Waals surface area contributed by atoms with Gasteiger partial charge in [-0.2, -0.15) is 0 Å². The second-order valence-electron chi connectivity index (χ2n) is 4.36. The first-order chi connectivity index (χ1) is 8.70. The zero-order chi connectivity index (χ0) is 13.0. The number of methoxy groups -OCH3 is 1. The van der Waals surface area contributed by atoms with Crippen LogP contribution in [0.25, 0.3) is 0 Å². The van der Waals surface area contributed by atoms with E-state index in [0.717, 1.165) is 35.3 Å². The van der Waals surface area contributed by atoms with Gasteiger partial charge in [-0.3, -0.25) is 4.79 Å². The molecule has 2 N–H and O–H groups in total. The summed E-state index contributed by atoms with van der Waals surface area (Å²) in [5.74, 6) is 0.769. The first-order valence-corrected chi connectivity index (χ1v) is 7.13. The molecule has 2 rings (SSSR count). The molecular weight excluding hydrogens is 379 g/mol. The Morgan fingerprint density at radius 2 is 2.32 bits per heavy atom. The van der Waals surface area contributed by atoms with Gasteiger partial charge in [-0.05, 0) is 60.2 Å². The third-order valence-electron chi connectivity index (χ3n) is 3.05. The van der Waals surface area contributed by atoms with Crippen LogP contribution in [-0.2, 0) is 0 Å². The number of benzene rings is 1. The highest BCUT2D eigenvalue weighted by molar-refractivity contribution is 14.1. The summed E-state index contributed by atoms with van der Waals surface area (Å²) in [4.78, 5) is 12.1. The lowest BCUT2D eigenvalue weighted by atomic mass is 10.1. The third kappa shape index (κ3) is 4.50. The Labute approximate surface area is 133 Å². The largest absolute Gasteiger partial charge is 0.497 e. The van der Waals surface area contributed by atoms with Gasteiger partial charge in [-0.25, -0.2) is 0 Å². The number of amides is 1. The van der Waals surface area contributed by atoms with Crippen LogP contribution in [-0.4, -0.2) is 32.1 Å². The smallest absolute Gasteiger partial charge is 0.252 e. The number of carbonyl (C=O) groups is 1. The fourth-order valence-corrected chi connectivity index (χ4v) is 2.78. The molecule has 0 saturated carbocycles. The van der Waals surface area contributed by atoms with E-state index >= 15 is 0 Å². The van der Waals surface area contributed by atoms with Crippen molar-refractivity contribution in [3.8, 4) is 5.75 Å². The van der Waals surface area contributed by atoms with Crippen LogP contribution in [0.2, 0.25) is 0 Å². The summed E-state index contributed by atoms with van der Waals surface area (Å²) in [6.45, 7) is 1.91. The summed E-state index contributed by atoms with van der Waals surface area (Å²) >= 11 is 2.16. The molecule has 1 aromatic carbocycles. The predicted molar refractivity (Wildman–Crippen MR) is 86.3 cm³/mol. The van der Waals surface area contributed by atoms with Crippen LogP contribution in [0.15, 0.2) is 18.2 Å². The molecule has 0 unspecified atom stereocenters. The molecule has 0 spiro atoms. The molecule has 0 aliphatic carbocycles. The van der Waals surface area contributed by atoms with E-state index < -0.39 is 0 Å². The minimum absolute atomic E-state index is 0. The Morgan fingerprint density at radius 3 is 2.89 bits per heavy atom. The Bertz CT molecular complexity index is 437. The fourth-order valence-electron chi connectivity index (χ4n) is 2.05. The second-order valence-corrected chi connectivity index (χ2v) is 5.52. The lowest BCUT2D eigenvalue weighted by Crippen LogP contribution is -2.45. The molecule has 0 radical (unpaired) electrons. The summed E-state index contributed by atoms with van der Waals surface area (Å²) in [6, 6.07) is 5.74. The highest BCUT2D eigenvalue weighted by Gasteiger charge is 2.17. The van der Waals surface area contributed by atoms with Crippen molar-refractivity contribution in [2.45, 2.75) is 18.9 Å². The van der Waals surface area contributed by atoms with Crippen LogP contribution >= 0.6 is 35.0 Å². The summed E-state index contributed by atoms with van der Waals surface area (Å²) in [5.41, 5.74) is 0.710. The fraction of sp³-hybridized carbons (Fsp3) is 0.462. The molecule has 6 heteroatoms. The van der Waals surface area contributed by atoms with E-state index in [1.807, 2.05) is 18.2 Å². The highest BCUT2D eigenvalue weighted by Crippen LogP contribution is 2.19. The molecule has 1 aliphatic rings. The normalized spacial score (nSPS) is 18.3. The summed E-state index contributed by atoms with van der Waals surface area (Å²) in [5, 5.41) is 6.35. The van der Waals surface area contributed by atoms with E-state index in [4.69, 9.17) is 4.74 Å². The van der Waals surface area contributed by atoms with Crippen LogP contribution < -0.4 is 15.4 Å². The molecule has 1 atom stereocenters. The molecule has 1 aliphatic heterocycles. The number of nitrogens with one attached hydrogen (secondary N) is 2. The van der Waals surface area contributed by atoms with Gasteiger partial charge in [0.25, 0.3) is 5.91 Å². The van der Waals surface area contributed by atoms with E-state index in [9.17, 15) is 4.79 Å². The van der Waals surface area contributed by atoms with Gasteiger partial charge < -0.3 is 15.4 Å². The van der Waals surface area contributed by atoms with Gasteiger partial charge in [0.1, 0.15) is 5.75 Å². The Balaban J connectivity index is 0.00000180. The van der Waals surface area contributed by atoms with Crippen LogP contribution in [0.4, 0.5) is 0 Å². The predicted octanol–water partition coefficient (Wildman–Crippen LogP) is 2.20. The number of piperidine rings is 1. The SMILES string of the molecule is COc1ccc(C(=O)N[C@H]2CCCNC2)c(I)c1.Cl. The van der Waals surface area contributed by atoms with E-state index in [-0.39, 0.29) is 24.4 Å². The van der Waals surface area contributed by atoms with Crippen molar-refractivity contribution in [1.29, 1.82) is 0 Å². The molecule has 0 aromatic heterocycles. The van der Waals surface area contributed by atoms with Gasteiger partial charge in [0.05, 0.1) is 12.7 Å². The number of ether oxygens (including phenoxy) is 1. The topological polar surface area (TPSA) is 50.4 Å². The number of carbonyl (C=O) groups excluding carboxylic acids is 1. The monoisotopic (exact) mass is 396 g/mol. The average molecular weight is 397 g/mol. The molecule has 1 amide bonds. The Hall–Kier alpha value is -0.530. The van der Waals surface area contributed by atoms with Crippen LogP contribution in [0, 0.1) is 3.57 Å². The summed E-state index contributed by atoms with van der Waals surface area (Å²) in [6.07, 6.45) is 2.16. The van der Waals surface area contributed by atoms with Gasteiger partial charge >= 0.3 is 0 Å². The third-order valence-corrected chi connectivity index (χ3v) is 3.95. The second kappa shape index (κ2) is 7.91. The molecule has 19 heavy (non-hydrogen) atoms. The minimum Gasteiger partial charge on any atom is -0.497 e. The average Bonchev–Trinajstić information content (AvgIpc) is 2.39. The number of hydrogen-bond donors (Lipinski definition) is 2. The molecule has 4 nitrogen and oxygen atoms in total. The molecule has 106 valence electrons. The molecule has 1 saturated heterocycles. The van der Waals surface area contributed by atoms with E-state index in [1.54, 1.807) is 7.11 Å². The zero-order valence-electron chi connectivity index (χ0n) is 10.7. The van der Waals surface area contributed by atoms with Gasteiger partial charge in [-0.1, -0.05) is 0 Å². The number of rotatable bonds is 3. The lowest BCUT2D eigenvalue weighted by molar-refractivity contribution is 0.0930. The van der Waals surface area contributed by atoms with Crippen molar-refractivity contribution in [3.05, 3.63) is 27.3 Å². The van der Waals surface area contributed by atoms with Gasteiger partial charge in [-0.15, -0.1) is 12.4 Å². The lowest BCUT2D eigenvalue weighted by Gasteiger charge is -2.24. The summed E-state index contributed by atoms with van der Waals surface area (Å²) < 4.78 is 6.04. The van der Waals surface area contributed by atoms with Crippen molar-refractivity contribution in [2.75, 3.05) is 20.2 Å². The van der Waals surface area contributed by atoms with E-state index in [0.29, 0.717) is 5.56 Å². The van der Waals surface area contributed by atoms with Gasteiger partial charge in [0, 0.05) is 16.2 Å². The van der Waals surface area contributed by atoms with Crippen LogP contribution in [0.1, 0.15) is 23.2 Å². The van der Waals surface area contributed by atoms with Crippen LogP contribution in [0.3, 0.4) is 0 Å². The first kappa shape index (κ1) is 16.5. The quantitative estimate of drug-likeness (QED) is 0.770. The molecular formula is C13H18ClIN2O2. The maximum atomic E-state index is 12.1. The maximum absolute atomic E-state index is 12.1. The summed E-state index contributed by atoms with van der Waals surface area (Å²) in [7, 11) is 1.62. The first-order valence-electron chi connectivity index (χ1n) is 6.06. The van der Waals surface area contributed by atoms with Crippen molar-refractivity contribution in [3.63, 3.8) is 0 Å². The van der Waals surface area contributed by atoms with Crippen molar-refractivity contribution < 1.29 is 9.53 Å². The van der Waals surface area contributed by atoms with E-state index in [1.165, 1.54) is 0 Å². The number of halogens is 2. The Kier molecular flexibility index (Phi) is 6.88. The van der Waals surface area contributed by atoms with Crippen molar-refractivity contribution >= 4 is 40.9 Å². The van der Waals surface area contributed by atoms with Crippen molar-refractivity contribution in [1.82, 2.24) is 10.6 Å². The zero-order valence-corrected chi connectivity index (χ0v) is 13.7. The van der Waals surface area contributed by atoms with Gasteiger partial charge in [0.15, 0.2) is 0 Å². The highest BCUT2D eigenvalue weighted by atomic mass is 127. The number of hydrogen-bond acceptors (Lipinski definition) is 3. The van der Waals surface area contributed by atoms with Crippen LogP contribution in [0.5, 0.6) is 5.75 Å². The standard InChI is InChI=1S/C13H17IN2O2.ClH/c1-18-10-4-5-11(12(14)7-10)13(17)16-9-3-2-6-15-8-9;/h4-5,7,9,15H,2-3,6,8H2,1H3,(H,16,17);1H/t9-;/m0./s1.